The van der Waals surface area contributed by atoms with Gasteiger partial charge in [0.15, 0.2) is 0 Å². The van der Waals surface area contributed by atoms with Crippen LogP contribution in [0.2, 0.25) is 0 Å². The molecule has 2 aromatic carbocycles. The Labute approximate surface area is 101 Å². The van der Waals surface area contributed by atoms with Crippen LogP contribution in [0, 0.1) is 0 Å². The van der Waals surface area contributed by atoms with Crippen LogP contribution in [-0.2, 0) is 0 Å². The Morgan fingerprint density at radius 2 is 1.76 bits per heavy atom. The van der Waals surface area contributed by atoms with E-state index in [1.54, 1.807) is 0 Å². The van der Waals surface area contributed by atoms with Crippen molar-refractivity contribution in [3.8, 4) is 11.1 Å². The number of aliphatic hydroxyl groups is 1. The number of fused-ring (bicyclic) bond motifs is 3. The second-order valence-corrected chi connectivity index (χ2v) is 4.50. The smallest absolute Gasteiger partial charge is 0.0440 e. The highest BCUT2D eigenvalue weighted by Crippen LogP contribution is 2.46. The van der Waals surface area contributed by atoms with Crippen LogP contribution in [0.3, 0.4) is 0 Å². The summed E-state index contributed by atoms with van der Waals surface area (Å²) in [5.74, 6) is 0.287. The summed E-state index contributed by atoms with van der Waals surface area (Å²) in [5.41, 5.74) is 11.7. The topological polar surface area (TPSA) is 46.2 Å². The minimum absolute atomic E-state index is 0.202. The van der Waals surface area contributed by atoms with Crippen molar-refractivity contribution in [2.24, 2.45) is 0 Å². The molecule has 1 aliphatic carbocycles. The van der Waals surface area contributed by atoms with Crippen LogP contribution < -0.4 is 5.73 Å². The first-order valence-corrected chi connectivity index (χ1v) is 5.91. The van der Waals surface area contributed by atoms with E-state index >= 15 is 0 Å². The SMILES string of the molecule is Nc1ccc2c(c1)C(CCO)c1ccccc1-2. The molecule has 0 bridgehead atoms. The molecule has 86 valence electrons. The van der Waals surface area contributed by atoms with Crippen molar-refractivity contribution in [1.82, 2.24) is 0 Å². The monoisotopic (exact) mass is 225 g/mol. The highest BCUT2D eigenvalue weighted by Gasteiger charge is 2.27. The minimum atomic E-state index is 0.202. The lowest BCUT2D eigenvalue weighted by Crippen LogP contribution is -2.00. The third-order valence-electron chi connectivity index (χ3n) is 3.50. The molecule has 2 heteroatoms. The van der Waals surface area contributed by atoms with Gasteiger partial charge in [0, 0.05) is 18.2 Å². The second kappa shape index (κ2) is 3.90. The summed E-state index contributed by atoms with van der Waals surface area (Å²) >= 11 is 0. The van der Waals surface area contributed by atoms with E-state index < -0.39 is 0 Å². The molecule has 1 aliphatic rings. The van der Waals surface area contributed by atoms with E-state index in [1.165, 1.54) is 22.3 Å². The third kappa shape index (κ3) is 1.53. The summed E-state index contributed by atoms with van der Waals surface area (Å²) in [5, 5.41) is 9.22. The molecule has 1 unspecified atom stereocenters. The zero-order chi connectivity index (χ0) is 11.8. The van der Waals surface area contributed by atoms with Gasteiger partial charge in [-0.15, -0.1) is 0 Å². The van der Waals surface area contributed by atoms with Gasteiger partial charge in [0.2, 0.25) is 0 Å². The number of hydrogen-bond acceptors (Lipinski definition) is 2. The average molecular weight is 225 g/mol. The molecule has 0 aliphatic heterocycles. The molecule has 17 heavy (non-hydrogen) atoms. The molecule has 0 aromatic heterocycles. The van der Waals surface area contributed by atoms with Gasteiger partial charge in [-0.05, 0) is 40.8 Å². The first kappa shape index (κ1) is 10.4. The van der Waals surface area contributed by atoms with Gasteiger partial charge < -0.3 is 10.8 Å². The molecule has 0 spiro atoms. The largest absolute Gasteiger partial charge is 0.399 e. The Bertz CT molecular complexity index is 563. The van der Waals surface area contributed by atoms with Crippen molar-refractivity contribution in [3.05, 3.63) is 53.6 Å². The van der Waals surface area contributed by atoms with Gasteiger partial charge in [0.1, 0.15) is 0 Å². The van der Waals surface area contributed by atoms with Crippen molar-refractivity contribution in [2.45, 2.75) is 12.3 Å². The van der Waals surface area contributed by atoms with Gasteiger partial charge in [-0.1, -0.05) is 30.3 Å². The van der Waals surface area contributed by atoms with E-state index in [-0.39, 0.29) is 12.5 Å². The van der Waals surface area contributed by atoms with Gasteiger partial charge in [0.25, 0.3) is 0 Å². The van der Waals surface area contributed by atoms with Gasteiger partial charge in [0.05, 0.1) is 0 Å². The Balaban J connectivity index is 2.22. The molecular weight excluding hydrogens is 210 g/mol. The van der Waals surface area contributed by atoms with Crippen LogP contribution in [0.1, 0.15) is 23.5 Å². The number of benzene rings is 2. The predicted octanol–water partition coefficient (Wildman–Crippen LogP) is 2.76. The van der Waals surface area contributed by atoms with Crippen molar-refractivity contribution >= 4 is 5.69 Å². The summed E-state index contributed by atoms with van der Waals surface area (Å²) in [6.07, 6.45) is 0.757. The maximum absolute atomic E-state index is 9.22. The van der Waals surface area contributed by atoms with E-state index in [0.717, 1.165) is 12.1 Å². The zero-order valence-corrected chi connectivity index (χ0v) is 9.56. The summed E-state index contributed by atoms with van der Waals surface area (Å²) in [6.45, 7) is 0.202. The average Bonchev–Trinajstić information content (AvgIpc) is 2.65. The first-order chi connectivity index (χ1) is 8.31. The van der Waals surface area contributed by atoms with Crippen LogP contribution in [0.15, 0.2) is 42.5 Å². The van der Waals surface area contributed by atoms with Gasteiger partial charge in [-0.2, -0.15) is 0 Å². The minimum Gasteiger partial charge on any atom is -0.399 e. The maximum atomic E-state index is 9.22. The molecule has 3 N–H and O–H groups in total. The zero-order valence-electron chi connectivity index (χ0n) is 9.56. The Morgan fingerprint density at radius 1 is 1.00 bits per heavy atom. The fourth-order valence-electron chi connectivity index (χ4n) is 2.77. The maximum Gasteiger partial charge on any atom is 0.0440 e. The van der Waals surface area contributed by atoms with Crippen LogP contribution in [0.4, 0.5) is 5.69 Å². The molecule has 0 amide bonds. The normalized spacial score (nSPS) is 16.6. The second-order valence-electron chi connectivity index (χ2n) is 4.50. The lowest BCUT2D eigenvalue weighted by molar-refractivity contribution is 0.282. The first-order valence-electron chi connectivity index (χ1n) is 5.91. The number of nitrogen functional groups attached to an aromatic ring is 1. The Hall–Kier alpha value is -1.80. The highest BCUT2D eigenvalue weighted by molar-refractivity contribution is 5.80. The lowest BCUT2D eigenvalue weighted by atomic mass is 9.94. The molecule has 0 heterocycles. The molecule has 2 nitrogen and oxygen atoms in total. The third-order valence-corrected chi connectivity index (χ3v) is 3.50. The van der Waals surface area contributed by atoms with Crippen molar-refractivity contribution in [2.75, 3.05) is 12.3 Å². The molecule has 0 saturated heterocycles. The van der Waals surface area contributed by atoms with Crippen molar-refractivity contribution in [1.29, 1.82) is 0 Å². The van der Waals surface area contributed by atoms with Gasteiger partial charge in [-0.25, -0.2) is 0 Å². The number of rotatable bonds is 2. The molecule has 0 fully saturated rings. The summed E-state index contributed by atoms with van der Waals surface area (Å²) in [4.78, 5) is 0. The summed E-state index contributed by atoms with van der Waals surface area (Å²) < 4.78 is 0. The molecule has 2 aromatic rings. The van der Waals surface area contributed by atoms with Crippen LogP contribution in [0.5, 0.6) is 0 Å². The van der Waals surface area contributed by atoms with Crippen molar-refractivity contribution in [3.63, 3.8) is 0 Å². The van der Waals surface area contributed by atoms with E-state index in [9.17, 15) is 5.11 Å². The molecule has 3 rings (SSSR count). The fraction of sp³-hybridized carbons (Fsp3) is 0.200. The van der Waals surface area contributed by atoms with E-state index in [2.05, 4.69) is 30.3 Å². The van der Waals surface area contributed by atoms with Crippen molar-refractivity contribution < 1.29 is 5.11 Å². The highest BCUT2D eigenvalue weighted by atomic mass is 16.3. The molecule has 1 atom stereocenters. The lowest BCUT2D eigenvalue weighted by Gasteiger charge is -2.11. The number of aliphatic hydroxyl groups excluding tert-OH is 1. The molecular formula is C15H15NO. The Morgan fingerprint density at radius 3 is 2.59 bits per heavy atom. The van der Waals surface area contributed by atoms with Crippen LogP contribution in [-0.4, -0.2) is 11.7 Å². The fourth-order valence-corrected chi connectivity index (χ4v) is 2.77. The number of anilines is 1. The van der Waals surface area contributed by atoms with E-state index in [4.69, 9.17) is 5.73 Å². The standard InChI is InChI=1S/C15H15NO/c16-10-5-6-13-11-3-1-2-4-12(11)14(7-8-17)15(13)9-10/h1-6,9,14,17H,7-8,16H2. The molecule has 0 radical (unpaired) electrons. The van der Waals surface area contributed by atoms with Crippen LogP contribution >= 0.6 is 0 Å². The molecule has 0 saturated carbocycles. The predicted molar refractivity (Wildman–Crippen MR) is 69.8 cm³/mol. The van der Waals surface area contributed by atoms with E-state index in [0.29, 0.717) is 0 Å². The van der Waals surface area contributed by atoms with Gasteiger partial charge in [-0.3, -0.25) is 0 Å². The number of nitrogens with two attached hydrogens (primary N) is 1. The Kier molecular flexibility index (Phi) is 2.37. The van der Waals surface area contributed by atoms with Crippen LogP contribution in [0.25, 0.3) is 11.1 Å². The quantitative estimate of drug-likeness (QED) is 0.772. The van der Waals surface area contributed by atoms with Gasteiger partial charge >= 0.3 is 0 Å². The summed E-state index contributed by atoms with van der Waals surface area (Å²) in [7, 11) is 0. The number of hydrogen-bond donors (Lipinski definition) is 2. The summed E-state index contributed by atoms with van der Waals surface area (Å²) in [6, 6.07) is 14.5. The van der Waals surface area contributed by atoms with E-state index in [1.807, 2.05) is 12.1 Å².